The van der Waals surface area contributed by atoms with Crippen LogP contribution in [0, 0.1) is 0 Å². The van der Waals surface area contributed by atoms with Crippen molar-refractivity contribution in [2.45, 2.75) is 36.1 Å². The van der Waals surface area contributed by atoms with Gasteiger partial charge in [-0.25, -0.2) is 14.3 Å². The number of hydrogen-bond acceptors (Lipinski definition) is 9. The highest BCUT2D eigenvalue weighted by atomic mass is 35.5. The highest BCUT2D eigenvalue weighted by Crippen LogP contribution is 2.49. The topological polar surface area (TPSA) is 159 Å². The Bertz CT molecular complexity index is 2340. The molecule has 3 N–H and O–H groups in total. The van der Waals surface area contributed by atoms with Gasteiger partial charge in [0, 0.05) is 84.0 Å². The first kappa shape index (κ1) is 40.2. The van der Waals surface area contributed by atoms with Crippen molar-refractivity contribution >= 4 is 109 Å². The maximum Gasteiger partial charge on any atom is 0.524 e. The number of hydrogen-bond donors (Lipinski definition) is 3. The van der Waals surface area contributed by atoms with Crippen LogP contribution in [0.25, 0.3) is 21.5 Å². The number of carbonyl (C=O) groups is 3. The fourth-order valence-electron chi connectivity index (χ4n) is 7.36. The largest absolute Gasteiger partial charge is 0.524 e. The molecule has 0 unspecified atom stereocenters. The lowest BCUT2D eigenvalue weighted by Crippen LogP contribution is -2.32. The number of phosphoric ester groups is 1. The molecule has 292 valence electrons. The van der Waals surface area contributed by atoms with E-state index in [0.717, 1.165) is 26.9 Å². The van der Waals surface area contributed by atoms with E-state index in [-0.39, 0.29) is 73.6 Å². The van der Waals surface area contributed by atoms with Crippen LogP contribution in [0.4, 0.5) is 21.9 Å². The second kappa shape index (κ2) is 17.6. The van der Waals surface area contributed by atoms with Crippen molar-refractivity contribution in [3.05, 3.63) is 96.2 Å². The molecule has 12 nitrogen and oxygen atoms in total. The van der Waals surface area contributed by atoms with Crippen LogP contribution in [0.15, 0.2) is 90.1 Å². The van der Waals surface area contributed by atoms with Crippen LogP contribution in [0.1, 0.15) is 42.2 Å². The molecule has 0 bridgehead atoms. The lowest BCUT2D eigenvalue weighted by molar-refractivity contribution is -0.119. The average molecular weight is 856 g/mol. The van der Waals surface area contributed by atoms with Crippen molar-refractivity contribution in [1.82, 2.24) is 4.98 Å². The zero-order valence-corrected chi connectivity index (χ0v) is 33.8. The van der Waals surface area contributed by atoms with Crippen molar-refractivity contribution in [2.24, 2.45) is 0 Å². The number of fused-ring (bicyclic) bond motifs is 6. The number of nitrogens with zero attached hydrogens (tertiary/aromatic N) is 3. The molecule has 7 rings (SSSR count). The second-order valence-corrected chi connectivity index (χ2v) is 17.5. The molecule has 3 amide bonds. The molecule has 1 aromatic heterocycles. The number of alkyl halides is 2. The zero-order chi connectivity index (χ0) is 39.4. The standard InChI is InChI=1S/C39H37Cl2N4O8PS2/c40-20-24-22-44(31-18-30(26-8-1-3-10-28(26)37(24)31)43-39(48)52-16-17-55-56-34-12-5-6-15-42-34)35(46)13-7-14-36(47)45-23-25(21-41)38-29-11-4-2-9-27(29)33(19-32(38)45)53-54(49,50)51/h1-6,8-12,15,18-19,24-25H,7,13-14,16-17,20-23H2,(H,43,48)(H2,49,50,51)/t24-,25-/m1/s1. The van der Waals surface area contributed by atoms with E-state index in [9.17, 15) is 28.7 Å². The first-order chi connectivity index (χ1) is 27.1. The predicted octanol–water partition coefficient (Wildman–Crippen LogP) is 9.06. The molecular formula is C39H37Cl2N4O8PS2. The van der Waals surface area contributed by atoms with Gasteiger partial charge in [-0.15, -0.1) is 23.2 Å². The van der Waals surface area contributed by atoms with Gasteiger partial charge >= 0.3 is 13.9 Å². The molecule has 2 aliphatic heterocycles. The summed E-state index contributed by atoms with van der Waals surface area (Å²) in [6.45, 7) is 0.812. The first-order valence-corrected chi connectivity index (χ1v) is 22.7. The van der Waals surface area contributed by atoms with E-state index >= 15 is 0 Å². The molecular weight excluding hydrogens is 818 g/mol. The number of benzene rings is 4. The maximum absolute atomic E-state index is 13.9. The molecule has 17 heteroatoms. The van der Waals surface area contributed by atoms with E-state index in [2.05, 4.69) is 10.3 Å². The van der Waals surface area contributed by atoms with Gasteiger partial charge in [-0.2, -0.15) is 0 Å². The summed E-state index contributed by atoms with van der Waals surface area (Å²) in [6.07, 6.45) is 1.45. The van der Waals surface area contributed by atoms with Crippen molar-refractivity contribution < 1.29 is 38.0 Å². The zero-order valence-electron chi connectivity index (χ0n) is 29.8. The molecule has 3 heterocycles. The van der Waals surface area contributed by atoms with Crippen LogP contribution in [0.2, 0.25) is 0 Å². The van der Waals surface area contributed by atoms with Crippen molar-refractivity contribution in [2.75, 3.05) is 52.3 Å². The Hall–Kier alpha value is -4.01. The summed E-state index contributed by atoms with van der Waals surface area (Å²) in [7, 11) is -1.87. The van der Waals surface area contributed by atoms with Crippen LogP contribution in [-0.2, 0) is 18.9 Å². The number of ether oxygens (including phenoxy) is 1. The lowest BCUT2D eigenvalue weighted by Gasteiger charge is -2.21. The van der Waals surface area contributed by atoms with Crippen LogP contribution >= 0.6 is 52.6 Å². The molecule has 0 radical (unpaired) electrons. The summed E-state index contributed by atoms with van der Waals surface area (Å²) in [6, 6.07) is 23.6. The van der Waals surface area contributed by atoms with Gasteiger partial charge in [0.25, 0.3) is 0 Å². The number of carbonyl (C=O) groups excluding carboxylic acids is 3. The smallest absolute Gasteiger partial charge is 0.448 e. The number of halogens is 2. The maximum atomic E-state index is 13.9. The van der Waals surface area contributed by atoms with Crippen LogP contribution in [0.5, 0.6) is 5.75 Å². The highest BCUT2D eigenvalue weighted by Gasteiger charge is 2.37. The SMILES string of the molecule is O=C(Nc1cc2c(c3ccccc13)[C@H](CCl)CN2C(=O)CCCC(=O)N1C[C@@H](CCl)c2c1cc(OP(=O)(O)O)c1ccccc21)OCCSSc1ccccn1. The van der Waals surface area contributed by atoms with Crippen LogP contribution < -0.4 is 19.6 Å². The van der Waals surface area contributed by atoms with E-state index in [4.69, 9.17) is 32.5 Å². The summed E-state index contributed by atoms with van der Waals surface area (Å²) < 4.78 is 22.4. The Morgan fingerprint density at radius 3 is 1.98 bits per heavy atom. The summed E-state index contributed by atoms with van der Waals surface area (Å²) >= 11 is 12.8. The minimum Gasteiger partial charge on any atom is -0.448 e. The normalized spacial score (nSPS) is 16.2. The summed E-state index contributed by atoms with van der Waals surface area (Å²) in [5, 5.41) is 6.60. The van der Waals surface area contributed by atoms with Gasteiger partial charge in [0.05, 0.1) is 11.4 Å². The Kier molecular flexibility index (Phi) is 12.7. The highest BCUT2D eigenvalue weighted by molar-refractivity contribution is 8.76. The number of rotatable bonds is 14. The molecule has 56 heavy (non-hydrogen) atoms. The van der Waals surface area contributed by atoms with Gasteiger partial charge in [-0.1, -0.05) is 65.4 Å². The van der Waals surface area contributed by atoms with E-state index in [1.807, 2.05) is 48.5 Å². The average Bonchev–Trinajstić information content (AvgIpc) is 3.76. The third kappa shape index (κ3) is 8.77. The van der Waals surface area contributed by atoms with Gasteiger partial charge in [0.15, 0.2) is 0 Å². The number of amides is 3. The van der Waals surface area contributed by atoms with Crippen molar-refractivity contribution in [3.8, 4) is 5.75 Å². The van der Waals surface area contributed by atoms with Gasteiger partial charge in [-0.3, -0.25) is 24.7 Å². The van der Waals surface area contributed by atoms with E-state index in [1.54, 1.807) is 40.3 Å². The van der Waals surface area contributed by atoms with Crippen LogP contribution in [-0.4, -0.2) is 69.9 Å². The molecule has 0 saturated carbocycles. The summed E-state index contributed by atoms with van der Waals surface area (Å²) in [5.74, 6) is 0.206. The van der Waals surface area contributed by atoms with Crippen molar-refractivity contribution in [1.29, 1.82) is 0 Å². The number of nitrogens with one attached hydrogen (secondary N) is 1. The van der Waals surface area contributed by atoms with Gasteiger partial charge in [0.1, 0.15) is 17.4 Å². The van der Waals surface area contributed by atoms with E-state index < -0.39 is 13.9 Å². The third-order valence-corrected chi connectivity index (χ3v) is 13.1. The van der Waals surface area contributed by atoms with E-state index in [1.165, 1.54) is 27.7 Å². The van der Waals surface area contributed by atoms with Gasteiger partial charge in [0.2, 0.25) is 11.8 Å². The lowest BCUT2D eigenvalue weighted by atomic mass is 9.95. The fourth-order valence-corrected chi connectivity index (χ4v) is 9.98. The fraction of sp³-hybridized carbons (Fsp3) is 0.282. The predicted molar refractivity (Wildman–Crippen MR) is 224 cm³/mol. The Morgan fingerprint density at radius 1 is 0.821 bits per heavy atom. The summed E-state index contributed by atoms with van der Waals surface area (Å²) in [4.78, 5) is 67.3. The molecule has 0 aliphatic carbocycles. The minimum absolute atomic E-state index is 0.0380. The molecule has 0 fully saturated rings. The monoisotopic (exact) mass is 854 g/mol. The van der Waals surface area contributed by atoms with Gasteiger partial charge < -0.3 is 19.1 Å². The molecule has 2 aliphatic rings. The van der Waals surface area contributed by atoms with Crippen molar-refractivity contribution in [3.63, 3.8) is 0 Å². The molecule has 2 atom stereocenters. The number of anilines is 3. The quantitative estimate of drug-likeness (QED) is 0.0424. The molecule has 0 saturated heterocycles. The number of aromatic nitrogens is 1. The van der Waals surface area contributed by atoms with Gasteiger partial charge in [-0.05, 0) is 57.3 Å². The molecule has 0 spiro atoms. The number of pyridine rings is 1. The second-order valence-electron chi connectivity index (χ2n) is 13.2. The Balaban J connectivity index is 1.04. The van der Waals surface area contributed by atoms with Crippen LogP contribution in [0.3, 0.4) is 0 Å². The third-order valence-electron chi connectivity index (χ3n) is 9.69. The minimum atomic E-state index is -4.90. The summed E-state index contributed by atoms with van der Waals surface area (Å²) in [5.41, 5.74) is 3.34. The number of phosphoric acid groups is 1. The Labute approximate surface area is 340 Å². The Morgan fingerprint density at radius 2 is 1.39 bits per heavy atom. The first-order valence-electron chi connectivity index (χ1n) is 17.8. The van der Waals surface area contributed by atoms with E-state index in [0.29, 0.717) is 40.1 Å². The molecule has 4 aromatic carbocycles. The molecule has 5 aromatic rings.